The summed E-state index contributed by atoms with van der Waals surface area (Å²) in [5.74, 6) is -1.10. The molecule has 1 aromatic heterocycles. The largest absolute Gasteiger partial charge is 0.481 e. The number of aromatic nitrogens is 1. The van der Waals surface area contributed by atoms with E-state index in [1.54, 1.807) is 13.0 Å². The van der Waals surface area contributed by atoms with E-state index in [1.165, 1.54) is 11.3 Å². The van der Waals surface area contributed by atoms with Crippen LogP contribution in [-0.4, -0.2) is 61.4 Å². The second-order valence-corrected chi connectivity index (χ2v) is 19.4. The van der Waals surface area contributed by atoms with Gasteiger partial charge in [0.2, 0.25) is 5.91 Å². The number of aliphatic carboxylic acids is 1. The van der Waals surface area contributed by atoms with E-state index in [0.717, 1.165) is 58.9 Å². The Labute approximate surface area is 324 Å². The van der Waals surface area contributed by atoms with Gasteiger partial charge >= 0.3 is 5.97 Å². The van der Waals surface area contributed by atoms with Crippen molar-refractivity contribution in [2.45, 2.75) is 136 Å². The van der Waals surface area contributed by atoms with E-state index >= 15 is 0 Å². The quantitative estimate of drug-likeness (QED) is 0.129. The lowest BCUT2D eigenvalue weighted by Crippen LogP contribution is -2.62. The average Bonchev–Trinajstić information content (AvgIpc) is 3.75. The number of nitrogens with zero attached hydrogens (tertiary/aromatic N) is 1. The lowest BCUT2D eigenvalue weighted by Gasteiger charge is -2.64. The van der Waals surface area contributed by atoms with Crippen LogP contribution in [0.4, 0.5) is 0 Å². The SMILES string of the molecule is C=C(C)[C@H]1C(=O)c2c3c(cc4c5c(n1c24)[C@@]1(C)[C@@H](CC[C@H]2[C@](C)(/C=C/C=C(\C)C(=O)NCCC(=O)O)[C@@H](O)CC[C@@]21C)C5)C1=CC(C)(C)OC(C)(C)[C@H]1[C@@H]3O. The molecule has 0 bridgehead atoms. The van der Waals surface area contributed by atoms with Crippen molar-refractivity contribution in [1.29, 1.82) is 0 Å². The van der Waals surface area contributed by atoms with Crippen molar-refractivity contribution in [2.24, 2.45) is 28.6 Å². The summed E-state index contributed by atoms with van der Waals surface area (Å²) in [5.41, 5.74) is 5.82. The molecule has 4 aliphatic carbocycles. The zero-order valence-corrected chi connectivity index (χ0v) is 33.9. The molecule has 8 rings (SSSR count). The van der Waals surface area contributed by atoms with Gasteiger partial charge in [-0.15, -0.1) is 0 Å². The van der Waals surface area contributed by atoms with E-state index in [0.29, 0.717) is 23.5 Å². The number of amides is 1. The number of aliphatic hydroxyl groups excluding tert-OH is 2. The van der Waals surface area contributed by atoms with E-state index in [-0.39, 0.29) is 47.3 Å². The number of aliphatic hydroxyl groups is 2. The van der Waals surface area contributed by atoms with Gasteiger partial charge in [-0.3, -0.25) is 14.4 Å². The molecule has 9 atom stereocenters. The van der Waals surface area contributed by atoms with Gasteiger partial charge in [0.25, 0.3) is 0 Å². The summed E-state index contributed by atoms with van der Waals surface area (Å²) in [6.07, 6.45) is 10.6. The van der Waals surface area contributed by atoms with E-state index in [1.807, 2.05) is 26.8 Å². The molecule has 1 aromatic carbocycles. The van der Waals surface area contributed by atoms with Gasteiger partial charge < -0.3 is 29.9 Å². The predicted octanol–water partition coefficient (Wildman–Crippen LogP) is 7.69. The summed E-state index contributed by atoms with van der Waals surface area (Å²) < 4.78 is 8.87. The van der Waals surface area contributed by atoms with Crippen molar-refractivity contribution < 1.29 is 34.4 Å². The van der Waals surface area contributed by atoms with Gasteiger partial charge in [0.05, 0.1) is 40.9 Å². The molecule has 2 fully saturated rings. The maximum Gasteiger partial charge on any atom is 0.305 e. The van der Waals surface area contributed by atoms with Crippen molar-refractivity contribution in [3.8, 4) is 0 Å². The maximum atomic E-state index is 14.9. The van der Waals surface area contributed by atoms with Crippen LogP contribution >= 0.6 is 0 Å². The van der Waals surface area contributed by atoms with Gasteiger partial charge in [0, 0.05) is 45.5 Å². The second kappa shape index (κ2) is 12.1. The van der Waals surface area contributed by atoms with Gasteiger partial charge in [0.15, 0.2) is 5.78 Å². The number of ketones is 1. The molecule has 294 valence electrons. The third kappa shape index (κ3) is 5.04. The molecule has 0 spiro atoms. The first-order valence-electron chi connectivity index (χ1n) is 20.2. The van der Waals surface area contributed by atoms with Crippen LogP contribution in [0.1, 0.15) is 139 Å². The fourth-order valence-corrected chi connectivity index (χ4v) is 13.0. The standard InChI is InChI=1S/C46H58N2O7/c1-23(2)36-39(53)34-33-26(29-22-42(4,5)55-43(6,7)35(29)38(33)52)21-27-28-20-25-13-14-30-44(8,17-11-12-24(3)41(54)47-19-16-32(50)51)31(49)15-18-45(30,9)46(25,10)40(28)48(36)37(27)34/h11-12,17,21-22,25,30-31,35-36,38,49,52H,1,13-16,18-20H2,2-10H3,(H,47,54)(H,50,51)/b17-11+,24-12+/t25-,30-,31-,35+,36-,38+,44-,45-,46+/m0/s1. The van der Waals surface area contributed by atoms with Gasteiger partial charge in [0.1, 0.15) is 6.04 Å². The molecule has 0 saturated heterocycles. The first-order valence-corrected chi connectivity index (χ1v) is 20.2. The Balaban J connectivity index is 1.26. The molecule has 3 heterocycles. The Hall–Kier alpha value is -3.79. The van der Waals surface area contributed by atoms with Crippen molar-refractivity contribution in [3.05, 3.63) is 76.0 Å². The number of ether oxygens (including phenoxy) is 1. The van der Waals surface area contributed by atoms with Crippen molar-refractivity contribution >= 4 is 34.1 Å². The van der Waals surface area contributed by atoms with E-state index in [9.17, 15) is 24.6 Å². The lowest BCUT2D eigenvalue weighted by molar-refractivity contribution is -0.144. The monoisotopic (exact) mass is 750 g/mol. The summed E-state index contributed by atoms with van der Waals surface area (Å²) >= 11 is 0. The summed E-state index contributed by atoms with van der Waals surface area (Å²) in [4.78, 5) is 38.5. The minimum absolute atomic E-state index is 0.00832. The molecule has 0 unspecified atom stereocenters. The number of benzene rings is 1. The van der Waals surface area contributed by atoms with Gasteiger partial charge in [-0.25, -0.2) is 0 Å². The van der Waals surface area contributed by atoms with Gasteiger partial charge in [-0.2, -0.15) is 0 Å². The smallest absolute Gasteiger partial charge is 0.305 e. The Morgan fingerprint density at radius 2 is 1.78 bits per heavy atom. The molecular formula is C46H58N2O7. The number of rotatable bonds is 7. The van der Waals surface area contributed by atoms with Crippen LogP contribution in [0.25, 0.3) is 16.5 Å². The lowest BCUT2D eigenvalue weighted by atomic mass is 9.40. The number of hydrogen-bond donors (Lipinski definition) is 4. The van der Waals surface area contributed by atoms with Crippen LogP contribution in [0.15, 0.2) is 48.1 Å². The predicted molar refractivity (Wildman–Crippen MR) is 213 cm³/mol. The number of hydrogen-bond acceptors (Lipinski definition) is 6. The molecule has 2 saturated carbocycles. The minimum atomic E-state index is -0.965. The number of carboxylic acids is 1. The number of carbonyl (C=O) groups excluding carboxylic acids is 2. The Morgan fingerprint density at radius 1 is 1.07 bits per heavy atom. The minimum Gasteiger partial charge on any atom is -0.481 e. The van der Waals surface area contributed by atoms with Crippen LogP contribution in [0.3, 0.4) is 0 Å². The van der Waals surface area contributed by atoms with Crippen LogP contribution < -0.4 is 5.32 Å². The third-order valence-corrected chi connectivity index (χ3v) is 15.4. The summed E-state index contributed by atoms with van der Waals surface area (Å²) in [7, 11) is 0. The molecule has 0 radical (unpaired) electrons. The molecule has 9 heteroatoms. The number of Topliss-reactive ketones (excluding diaryl/α,β-unsaturated/α-hetero) is 1. The maximum absolute atomic E-state index is 14.9. The molecule has 55 heavy (non-hydrogen) atoms. The molecule has 9 nitrogen and oxygen atoms in total. The first-order chi connectivity index (χ1) is 25.6. The summed E-state index contributed by atoms with van der Waals surface area (Å²) in [6, 6.07) is 1.72. The normalized spacial score (nSPS) is 36.6. The highest BCUT2D eigenvalue weighted by atomic mass is 16.5. The number of nitrogens with one attached hydrogen (secondary N) is 1. The topological polar surface area (TPSA) is 138 Å². The van der Waals surface area contributed by atoms with Crippen molar-refractivity contribution in [3.63, 3.8) is 0 Å². The zero-order valence-electron chi connectivity index (χ0n) is 33.9. The molecule has 4 N–H and O–H groups in total. The second-order valence-electron chi connectivity index (χ2n) is 19.4. The van der Waals surface area contributed by atoms with Gasteiger partial charge in [-0.05, 0) is 120 Å². The van der Waals surface area contributed by atoms with Crippen LogP contribution in [0.2, 0.25) is 0 Å². The number of carbonyl (C=O) groups is 3. The Kier molecular flexibility index (Phi) is 8.39. The highest BCUT2D eigenvalue weighted by Gasteiger charge is 2.67. The van der Waals surface area contributed by atoms with Crippen LogP contribution in [-0.2, 0) is 26.2 Å². The van der Waals surface area contributed by atoms with Crippen molar-refractivity contribution in [2.75, 3.05) is 6.54 Å². The third-order valence-electron chi connectivity index (χ3n) is 15.4. The molecule has 2 aromatic rings. The molecule has 1 amide bonds. The summed E-state index contributed by atoms with van der Waals surface area (Å²) in [6.45, 7) is 23.3. The highest BCUT2D eigenvalue weighted by molar-refractivity contribution is 6.18. The first kappa shape index (κ1) is 38.1. The Morgan fingerprint density at radius 3 is 2.45 bits per heavy atom. The van der Waals surface area contributed by atoms with E-state index in [2.05, 4.69) is 69.3 Å². The van der Waals surface area contributed by atoms with Crippen LogP contribution in [0.5, 0.6) is 0 Å². The fraction of sp³-hybridized carbons (Fsp3) is 0.587. The number of allylic oxidation sites excluding steroid dienone is 3. The highest BCUT2D eigenvalue weighted by Crippen LogP contribution is 2.71. The van der Waals surface area contributed by atoms with Crippen molar-refractivity contribution in [1.82, 2.24) is 9.88 Å². The molecule has 2 aliphatic heterocycles. The number of carboxylic acid groups (broad SMARTS) is 1. The van der Waals surface area contributed by atoms with E-state index in [4.69, 9.17) is 9.84 Å². The average molecular weight is 751 g/mol. The van der Waals surface area contributed by atoms with Gasteiger partial charge in [-0.1, -0.05) is 51.2 Å². The van der Waals surface area contributed by atoms with Crippen LogP contribution in [0, 0.1) is 28.6 Å². The Bertz CT molecular complexity index is 2180. The zero-order chi connectivity index (χ0) is 39.9. The fourth-order valence-electron chi connectivity index (χ4n) is 13.0. The van der Waals surface area contributed by atoms with E-state index < -0.39 is 40.8 Å². The number of fused-ring (bicyclic) bond motifs is 11. The molecular weight excluding hydrogens is 693 g/mol. The summed E-state index contributed by atoms with van der Waals surface area (Å²) in [5, 5.41) is 36.7. The molecule has 6 aliphatic rings.